The number of amides is 2. The van der Waals surface area contributed by atoms with E-state index in [1.54, 1.807) is 23.1 Å². The van der Waals surface area contributed by atoms with Crippen LogP contribution in [0.1, 0.15) is 35.2 Å². The maximum atomic E-state index is 13.4. The third-order valence-corrected chi connectivity index (χ3v) is 6.02. The number of nitrogens with two attached hydrogens (primary N) is 1. The smallest absolute Gasteiger partial charge is 0.317 e. The van der Waals surface area contributed by atoms with Gasteiger partial charge in [-0.1, -0.05) is 17.7 Å². The molecule has 0 unspecified atom stereocenters. The van der Waals surface area contributed by atoms with Crippen LogP contribution in [0.2, 0.25) is 5.02 Å². The first-order chi connectivity index (χ1) is 13.8. The van der Waals surface area contributed by atoms with E-state index in [9.17, 15) is 14.0 Å². The number of nitrogens with one attached hydrogen (secondary N) is 2. The Morgan fingerprint density at radius 1 is 1.24 bits per heavy atom. The lowest BCUT2D eigenvalue weighted by molar-refractivity contribution is 0.0915. The summed E-state index contributed by atoms with van der Waals surface area (Å²) in [6, 6.07) is 9.36. The Bertz CT molecular complexity index is 973. The van der Waals surface area contributed by atoms with Gasteiger partial charge in [-0.15, -0.1) is 0 Å². The van der Waals surface area contributed by atoms with E-state index in [0.29, 0.717) is 60.9 Å². The molecule has 2 aliphatic rings. The number of anilines is 2. The lowest BCUT2D eigenvalue weighted by atomic mass is 9.78. The van der Waals surface area contributed by atoms with Gasteiger partial charge in [-0.25, -0.2) is 9.18 Å². The fourth-order valence-corrected chi connectivity index (χ4v) is 4.20. The average molecular weight is 417 g/mol. The first-order valence-corrected chi connectivity index (χ1v) is 9.91. The summed E-state index contributed by atoms with van der Waals surface area (Å²) in [6.07, 6.45) is 1.61. The van der Waals surface area contributed by atoms with Gasteiger partial charge in [-0.05, 0) is 48.7 Å². The Morgan fingerprint density at radius 2 is 2.00 bits per heavy atom. The fourth-order valence-electron chi connectivity index (χ4n) is 4.00. The lowest BCUT2D eigenvalue weighted by Gasteiger charge is -2.45. The van der Waals surface area contributed by atoms with Gasteiger partial charge in [0.25, 0.3) is 0 Å². The number of benzene rings is 2. The molecule has 1 spiro atoms. The van der Waals surface area contributed by atoms with Gasteiger partial charge < -0.3 is 21.3 Å². The highest BCUT2D eigenvalue weighted by molar-refractivity contribution is 6.33. The minimum atomic E-state index is -0.413. The molecule has 6 nitrogen and oxygen atoms in total. The fraction of sp³-hybridized carbons (Fsp3) is 0.333. The molecule has 0 aromatic heterocycles. The van der Waals surface area contributed by atoms with Crippen molar-refractivity contribution in [3.05, 3.63) is 58.4 Å². The second-order valence-corrected chi connectivity index (χ2v) is 8.10. The van der Waals surface area contributed by atoms with Crippen LogP contribution in [0.25, 0.3) is 0 Å². The predicted molar refractivity (Wildman–Crippen MR) is 111 cm³/mol. The third kappa shape index (κ3) is 4.00. The van der Waals surface area contributed by atoms with Gasteiger partial charge >= 0.3 is 6.03 Å². The molecule has 152 valence electrons. The number of nitrogen functional groups attached to an aromatic ring is 1. The predicted octanol–water partition coefficient (Wildman–Crippen LogP) is 3.80. The van der Waals surface area contributed by atoms with Gasteiger partial charge in [0.1, 0.15) is 5.82 Å². The monoisotopic (exact) mass is 416 g/mol. The van der Waals surface area contributed by atoms with Crippen molar-refractivity contribution in [2.45, 2.75) is 31.3 Å². The zero-order valence-corrected chi connectivity index (χ0v) is 16.6. The molecule has 29 heavy (non-hydrogen) atoms. The number of carbonyl (C=O) groups excluding carboxylic acids is 2. The Hall–Kier alpha value is -2.80. The molecule has 0 radical (unpaired) electrons. The molecule has 2 aliphatic heterocycles. The molecule has 4 N–H and O–H groups in total. The summed E-state index contributed by atoms with van der Waals surface area (Å²) in [5.74, 6) is -0.472. The molecule has 0 bridgehead atoms. The second kappa shape index (κ2) is 7.55. The van der Waals surface area contributed by atoms with Crippen molar-refractivity contribution in [1.82, 2.24) is 10.2 Å². The first-order valence-electron chi connectivity index (χ1n) is 9.53. The molecule has 2 amide bonds. The Balaban J connectivity index is 1.35. The highest BCUT2D eigenvalue weighted by Crippen LogP contribution is 2.37. The number of urea groups is 1. The van der Waals surface area contributed by atoms with Crippen LogP contribution >= 0.6 is 11.6 Å². The molecule has 0 atom stereocenters. The number of ketones is 1. The van der Waals surface area contributed by atoms with Crippen LogP contribution in [-0.2, 0) is 6.54 Å². The first kappa shape index (κ1) is 19.5. The van der Waals surface area contributed by atoms with Gasteiger partial charge in [-0.2, -0.15) is 0 Å². The van der Waals surface area contributed by atoms with Crippen LogP contribution in [0.4, 0.5) is 20.6 Å². The topological polar surface area (TPSA) is 87.5 Å². The Kier molecular flexibility index (Phi) is 5.08. The van der Waals surface area contributed by atoms with Crippen LogP contribution in [-0.4, -0.2) is 35.3 Å². The van der Waals surface area contributed by atoms with E-state index in [-0.39, 0.29) is 17.4 Å². The van der Waals surface area contributed by atoms with E-state index in [1.807, 2.05) is 6.07 Å². The van der Waals surface area contributed by atoms with Crippen LogP contribution < -0.4 is 16.4 Å². The number of Topliss-reactive ketones (excluding diaryl/α,β-unsaturated/α-hetero) is 1. The van der Waals surface area contributed by atoms with Crippen molar-refractivity contribution >= 4 is 34.8 Å². The molecule has 2 aromatic rings. The highest BCUT2D eigenvalue weighted by Gasteiger charge is 2.41. The summed E-state index contributed by atoms with van der Waals surface area (Å²) in [7, 11) is 0. The van der Waals surface area contributed by atoms with Crippen molar-refractivity contribution < 1.29 is 14.0 Å². The van der Waals surface area contributed by atoms with Gasteiger partial charge in [0, 0.05) is 42.8 Å². The van der Waals surface area contributed by atoms with Crippen molar-refractivity contribution in [3.8, 4) is 0 Å². The largest absolute Gasteiger partial charge is 0.398 e. The van der Waals surface area contributed by atoms with Crippen LogP contribution in [0, 0.1) is 5.82 Å². The van der Waals surface area contributed by atoms with E-state index in [2.05, 4.69) is 10.6 Å². The summed E-state index contributed by atoms with van der Waals surface area (Å²) in [6.45, 7) is 1.42. The molecule has 8 heteroatoms. The van der Waals surface area contributed by atoms with Gasteiger partial charge in [0.15, 0.2) is 5.78 Å². The van der Waals surface area contributed by atoms with E-state index >= 15 is 0 Å². The summed E-state index contributed by atoms with van der Waals surface area (Å²) < 4.78 is 13.4. The SMILES string of the molecule is Nc1ccc(CNC(=O)N2CCC3(CC2)CC(=O)c2cc(F)ccc2N3)cc1Cl. The quantitative estimate of drug-likeness (QED) is 0.650. The van der Waals surface area contributed by atoms with Gasteiger partial charge in [-0.3, -0.25) is 4.79 Å². The molecule has 1 saturated heterocycles. The second-order valence-electron chi connectivity index (χ2n) is 7.70. The minimum absolute atomic E-state index is 0.0589. The van der Waals surface area contributed by atoms with Crippen molar-refractivity contribution in [3.63, 3.8) is 0 Å². The normalized spacial score (nSPS) is 17.6. The number of rotatable bonds is 2. The van der Waals surface area contributed by atoms with Crippen LogP contribution in [0.15, 0.2) is 36.4 Å². The number of piperidine rings is 1. The molecule has 0 saturated carbocycles. The molecule has 0 aliphatic carbocycles. The van der Waals surface area contributed by atoms with Crippen molar-refractivity contribution in [1.29, 1.82) is 0 Å². The summed E-state index contributed by atoms with van der Waals surface area (Å²) >= 11 is 6.01. The average Bonchev–Trinajstić information content (AvgIpc) is 2.70. The number of hydrogen-bond donors (Lipinski definition) is 3. The molecular weight excluding hydrogens is 395 g/mol. The maximum Gasteiger partial charge on any atom is 0.317 e. The number of nitrogens with zero attached hydrogens (tertiary/aromatic N) is 1. The zero-order valence-electron chi connectivity index (χ0n) is 15.8. The van der Waals surface area contributed by atoms with E-state index < -0.39 is 5.82 Å². The van der Waals surface area contributed by atoms with Gasteiger partial charge in [0.2, 0.25) is 0 Å². The number of carbonyl (C=O) groups is 2. The van der Waals surface area contributed by atoms with Crippen molar-refractivity contribution in [2.75, 3.05) is 24.1 Å². The maximum absolute atomic E-state index is 13.4. The molecular formula is C21H22ClFN4O2. The summed E-state index contributed by atoms with van der Waals surface area (Å²) in [5, 5.41) is 6.79. The minimum Gasteiger partial charge on any atom is -0.398 e. The van der Waals surface area contributed by atoms with Gasteiger partial charge in [0.05, 0.1) is 10.7 Å². The Labute approximate surface area is 173 Å². The molecule has 1 fully saturated rings. The van der Waals surface area contributed by atoms with E-state index in [1.165, 1.54) is 12.1 Å². The zero-order chi connectivity index (χ0) is 20.6. The standard InChI is InChI=1S/C21H22ClFN4O2/c22-16-9-13(1-3-17(16)24)12-25-20(29)27-7-5-21(6-8-27)11-19(28)15-10-14(23)2-4-18(15)26-21/h1-4,9-10,26H,5-8,11-12,24H2,(H,25,29). The van der Waals surface area contributed by atoms with Crippen LogP contribution in [0.5, 0.6) is 0 Å². The number of fused-ring (bicyclic) bond motifs is 1. The third-order valence-electron chi connectivity index (χ3n) is 5.70. The van der Waals surface area contributed by atoms with Crippen molar-refractivity contribution in [2.24, 2.45) is 0 Å². The number of halogens is 2. The number of likely N-dealkylation sites (tertiary alicyclic amines) is 1. The Morgan fingerprint density at radius 3 is 2.72 bits per heavy atom. The lowest BCUT2D eigenvalue weighted by Crippen LogP contribution is -2.55. The molecule has 4 rings (SSSR count). The molecule has 2 aromatic carbocycles. The summed E-state index contributed by atoms with van der Waals surface area (Å²) in [4.78, 5) is 26.8. The van der Waals surface area contributed by atoms with E-state index in [0.717, 1.165) is 5.56 Å². The van der Waals surface area contributed by atoms with Crippen LogP contribution in [0.3, 0.4) is 0 Å². The number of hydrogen-bond acceptors (Lipinski definition) is 4. The molecule has 2 heterocycles. The summed E-state index contributed by atoms with van der Waals surface area (Å²) in [5.41, 5.74) is 7.75. The van der Waals surface area contributed by atoms with E-state index in [4.69, 9.17) is 17.3 Å². The highest BCUT2D eigenvalue weighted by atomic mass is 35.5.